The fraction of sp³-hybridized carbons (Fsp3) is 0.214. The van der Waals surface area contributed by atoms with Crippen LogP contribution in [0.2, 0.25) is 5.02 Å². The highest BCUT2D eigenvalue weighted by Gasteiger charge is 2.74. The number of amides is 2. The molecular weight excluding hydrogens is 466 g/mol. The molecule has 0 N–H and O–H groups in total. The Hall–Kier alpha value is -3.61. The lowest BCUT2D eigenvalue weighted by Crippen LogP contribution is -2.51. The highest BCUT2D eigenvalue weighted by molar-refractivity contribution is 6.37. The number of anilines is 1. The fourth-order valence-corrected chi connectivity index (χ4v) is 6.04. The first-order valence-corrected chi connectivity index (χ1v) is 11.7. The number of nitrogens with zero attached hydrogens (tertiary/aromatic N) is 1. The van der Waals surface area contributed by atoms with Gasteiger partial charge in [0.25, 0.3) is 0 Å². The molecular formula is C28H20ClNO5. The number of benzene rings is 3. The molecule has 7 heteroatoms. The van der Waals surface area contributed by atoms with Crippen LogP contribution in [-0.4, -0.2) is 29.0 Å². The van der Waals surface area contributed by atoms with E-state index in [1.165, 1.54) is 0 Å². The molecule has 174 valence electrons. The summed E-state index contributed by atoms with van der Waals surface area (Å²) in [4.78, 5) is 56.6. The average Bonchev–Trinajstić information content (AvgIpc) is 3.40. The van der Waals surface area contributed by atoms with Crippen LogP contribution in [0.1, 0.15) is 43.5 Å². The van der Waals surface area contributed by atoms with Crippen LogP contribution < -0.4 is 4.90 Å². The minimum Gasteiger partial charge on any atom is -0.349 e. The summed E-state index contributed by atoms with van der Waals surface area (Å²) in [5.41, 5.74) is 0.854. The zero-order valence-corrected chi connectivity index (χ0v) is 19.7. The van der Waals surface area contributed by atoms with Crippen molar-refractivity contribution in [3.05, 3.63) is 99.6 Å². The first kappa shape index (κ1) is 21.9. The van der Waals surface area contributed by atoms with Gasteiger partial charge in [-0.1, -0.05) is 60.1 Å². The van der Waals surface area contributed by atoms with Gasteiger partial charge in [0.15, 0.2) is 0 Å². The van der Waals surface area contributed by atoms with E-state index in [0.717, 1.165) is 16.0 Å². The van der Waals surface area contributed by atoms with Gasteiger partial charge in [-0.25, -0.2) is 4.90 Å². The molecule has 2 fully saturated rings. The predicted molar refractivity (Wildman–Crippen MR) is 129 cm³/mol. The molecule has 3 aliphatic rings. The summed E-state index contributed by atoms with van der Waals surface area (Å²) in [6.45, 7) is 3.62. The van der Waals surface area contributed by atoms with Gasteiger partial charge >= 0.3 is 0 Å². The van der Waals surface area contributed by atoms with Crippen molar-refractivity contribution in [3.63, 3.8) is 0 Å². The zero-order valence-electron chi connectivity index (χ0n) is 18.9. The number of Topliss-reactive ketones (excluding diaryl/α,β-unsaturated/α-hetero) is 2. The Morgan fingerprint density at radius 1 is 0.800 bits per heavy atom. The smallest absolute Gasteiger partial charge is 0.241 e. The van der Waals surface area contributed by atoms with Crippen molar-refractivity contribution in [2.24, 2.45) is 11.8 Å². The van der Waals surface area contributed by atoms with E-state index in [9.17, 15) is 19.2 Å². The first-order valence-electron chi connectivity index (χ1n) is 11.3. The molecule has 2 aliphatic heterocycles. The fourth-order valence-electron chi connectivity index (χ4n) is 5.81. The molecule has 0 radical (unpaired) electrons. The topological polar surface area (TPSA) is 80.8 Å². The maximum Gasteiger partial charge on any atom is 0.241 e. The lowest BCUT2D eigenvalue weighted by molar-refractivity contribution is -0.127. The Labute approximate surface area is 206 Å². The molecule has 2 saturated heterocycles. The minimum absolute atomic E-state index is 0.208. The third-order valence-corrected chi connectivity index (χ3v) is 7.65. The Morgan fingerprint density at radius 2 is 1.43 bits per heavy atom. The van der Waals surface area contributed by atoms with Gasteiger partial charge in [-0.2, -0.15) is 0 Å². The summed E-state index contributed by atoms with van der Waals surface area (Å²) < 4.78 is 6.34. The summed E-state index contributed by atoms with van der Waals surface area (Å²) in [5, 5.41) is 0.506. The Morgan fingerprint density at radius 3 is 2.06 bits per heavy atom. The van der Waals surface area contributed by atoms with Gasteiger partial charge < -0.3 is 4.74 Å². The highest BCUT2D eigenvalue weighted by Crippen LogP contribution is 2.58. The van der Waals surface area contributed by atoms with E-state index >= 15 is 0 Å². The molecule has 0 aromatic heterocycles. The van der Waals surface area contributed by atoms with Gasteiger partial charge in [0, 0.05) is 16.1 Å². The highest BCUT2D eigenvalue weighted by atomic mass is 35.5. The van der Waals surface area contributed by atoms with E-state index in [4.69, 9.17) is 16.3 Å². The number of ether oxygens (including phenoxy) is 1. The Balaban J connectivity index is 1.58. The number of hydrogen-bond acceptors (Lipinski definition) is 5. The van der Waals surface area contributed by atoms with Gasteiger partial charge in [0.1, 0.15) is 0 Å². The van der Waals surface area contributed by atoms with Gasteiger partial charge in [-0.3, -0.25) is 19.2 Å². The van der Waals surface area contributed by atoms with Gasteiger partial charge in [0.2, 0.25) is 29.0 Å². The summed E-state index contributed by atoms with van der Waals surface area (Å²) in [7, 11) is 0. The first-order chi connectivity index (χ1) is 16.8. The van der Waals surface area contributed by atoms with Gasteiger partial charge in [0.05, 0.1) is 23.6 Å². The standard InChI is InChI=1S/C28H20ClNO5/c1-14-7-3-6-10-20(14)30-26(33)21-22(27(30)34)28(24(31)18-8-4-5-9-19(18)25(28)32)35-23(21)17-12-11-16(29)13-15(17)2/h3-13,21-23H,1-2H3. The summed E-state index contributed by atoms with van der Waals surface area (Å²) in [6.07, 6.45) is -0.968. The lowest BCUT2D eigenvalue weighted by Gasteiger charge is -2.28. The number of halogens is 1. The van der Waals surface area contributed by atoms with Crippen LogP contribution in [0.25, 0.3) is 0 Å². The van der Waals surface area contributed by atoms with Crippen LogP contribution in [0.4, 0.5) is 5.69 Å². The number of rotatable bonds is 2. The van der Waals surface area contributed by atoms with Gasteiger partial charge in [-0.15, -0.1) is 0 Å². The van der Waals surface area contributed by atoms with Crippen LogP contribution in [0.5, 0.6) is 0 Å². The van der Waals surface area contributed by atoms with Crippen LogP contribution in [-0.2, 0) is 14.3 Å². The maximum absolute atomic E-state index is 14.0. The minimum atomic E-state index is -2.09. The number of ketones is 2. The van der Waals surface area contributed by atoms with Crippen molar-refractivity contribution in [1.82, 2.24) is 0 Å². The molecule has 3 aromatic rings. The third kappa shape index (κ3) is 2.75. The summed E-state index contributed by atoms with van der Waals surface area (Å²) in [6, 6.07) is 18.6. The molecule has 6 rings (SSSR count). The Kier molecular flexibility index (Phi) is 4.66. The van der Waals surface area contributed by atoms with E-state index in [2.05, 4.69) is 0 Å². The second-order valence-corrected chi connectivity index (χ2v) is 9.72. The normalized spacial score (nSPS) is 24.4. The molecule has 0 saturated carbocycles. The second-order valence-electron chi connectivity index (χ2n) is 9.28. The summed E-state index contributed by atoms with van der Waals surface area (Å²) in [5.74, 6) is -4.55. The zero-order chi connectivity index (χ0) is 24.6. The predicted octanol–water partition coefficient (Wildman–Crippen LogP) is 4.65. The average molecular weight is 486 g/mol. The largest absolute Gasteiger partial charge is 0.349 e. The number of aryl methyl sites for hydroxylation is 2. The number of fused-ring (bicyclic) bond motifs is 3. The third-order valence-electron chi connectivity index (χ3n) is 7.41. The molecule has 6 nitrogen and oxygen atoms in total. The molecule has 0 bridgehead atoms. The van der Waals surface area contributed by atoms with Crippen molar-refractivity contribution < 1.29 is 23.9 Å². The van der Waals surface area contributed by atoms with Crippen molar-refractivity contribution in [1.29, 1.82) is 0 Å². The molecule has 3 aromatic carbocycles. The maximum atomic E-state index is 14.0. The van der Waals surface area contributed by atoms with E-state index < -0.39 is 46.9 Å². The Bertz CT molecular complexity index is 1440. The second kappa shape index (κ2) is 7.44. The van der Waals surface area contributed by atoms with Crippen molar-refractivity contribution >= 4 is 40.7 Å². The summed E-state index contributed by atoms with van der Waals surface area (Å²) >= 11 is 6.16. The van der Waals surface area contributed by atoms with Crippen LogP contribution in [0.15, 0.2) is 66.7 Å². The van der Waals surface area contributed by atoms with E-state index in [-0.39, 0.29) is 11.1 Å². The van der Waals surface area contributed by atoms with Gasteiger partial charge in [-0.05, 0) is 48.7 Å². The molecule has 35 heavy (non-hydrogen) atoms. The molecule has 1 aliphatic carbocycles. The van der Waals surface area contributed by atoms with Crippen LogP contribution >= 0.6 is 11.6 Å². The number of hydrogen-bond donors (Lipinski definition) is 0. The van der Waals surface area contributed by atoms with E-state index in [0.29, 0.717) is 16.3 Å². The number of para-hydroxylation sites is 1. The monoisotopic (exact) mass is 485 g/mol. The van der Waals surface area contributed by atoms with E-state index in [1.807, 2.05) is 13.0 Å². The molecule has 3 unspecified atom stereocenters. The number of carbonyl (C=O) groups excluding carboxylic acids is 4. The number of imide groups is 1. The lowest BCUT2D eigenvalue weighted by atomic mass is 9.77. The SMILES string of the molecule is Cc1cc(Cl)ccc1C1OC2(C(=O)c3ccccc3C2=O)C2C(=O)N(c3ccccc3C)C(=O)C12. The van der Waals surface area contributed by atoms with Crippen molar-refractivity contribution in [2.45, 2.75) is 25.6 Å². The molecule has 2 heterocycles. The van der Waals surface area contributed by atoms with Crippen LogP contribution in [0, 0.1) is 25.7 Å². The molecule has 2 amide bonds. The van der Waals surface area contributed by atoms with Crippen molar-refractivity contribution in [2.75, 3.05) is 4.90 Å². The quantitative estimate of drug-likeness (QED) is 0.390. The van der Waals surface area contributed by atoms with Crippen LogP contribution in [0.3, 0.4) is 0 Å². The number of carbonyl (C=O) groups is 4. The van der Waals surface area contributed by atoms with Crippen molar-refractivity contribution in [3.8, 4) is 0 Å². The molecule has 1 spiro atoms. The molecule has 3 atom stereocenters. The van der Waals surface area contributed by atoms with E-state index in [1.54, 1.807) is 67.6 Å².